The third-order valence-electron chi connectivity index (χ3n) is 2.78. The maximum Gasteiger partial charge on any atom is 0.272 e. The van der Waals surface area contributed by atoms with Gasteiger partial charge in [0.05, 0.1) is 27.8 Å². The molecule has 0 aliphatic heterocycles. The van der Waals surface area contributed by atoms with Crippen molar-refractivity contribution in [1.29, 1.82) is 0 Å². The van der Waals surface area contributed by atoms with Gasteiger partial charge in [-0.25, -0.2) is 5.43 Å². The lowest BCUT2D eigenvalue weighted by Gasteiger charge is -2.06. The van der Waals surface area contributed by atoms with Crippen molar-refractivity contribution in [2.75, 3.05) is 7.11 Å². The van der Waals surface area contributed by atoms with Crippen molar-refractivity contribution in [1.82, 2.24) is 10.4 Å². The summed E-state index contributed by atoms with van der Waals surface area (Å²) in [5, 5.41) is 3.94. The van der Waals surface area contributed by atoms with Crippen LogP contribution in [0.5, 0.6) is 5.75 Å². The number of carbonyl (C=O) groups excluding carboxylic acids is 1. The lowest BCUT2D eigenvalue weighted by atomic mass is 10.2. The van der Waals surface area contributed by atoms with E-state index in [0.717, 1.165) is 20.2 Å². The number of aromatic nitrogens is 1. The molecule has 1 amide bonds. The van der Waals surface area contributed by atoms with Crippen LogP contribution < -0.4 is 10.2 Å². The molecule has 0 unspecified atom stereocenters. The minimum atomic E-state index is -0.310. The van der Waals surface area contributed by atoms with Crippen LogP contribution in [0.2, 0.25) is 0 Å². The first-order valence-corrected chi connectivity index (χ1v) is 7.89. The predicted octanol–water partition coefficient (Wildman–Crippen LogP) is 3.69. The maximum atomic E-state index is 11.9. The van der Waals surface area contributed by atoms with Crippen molar-refractivity contribution in [3.8, 4) is 5.75 Å². The Bertz CT molecular complexity index is 692. The summed E-state index contributed by atoms with van der Waals surface area (Å²) in [5.74, 6) is 0.391. The molecule has 5 nitrogen and oxygen atoms in total. The summed E-state index contributed by atoms with van der Waals surface area (Å²) in [6.07, 6.45) is 3.06. The second-order valence-electron chi connectivity index (χ2n) is 4.41. The fourth-order valence-corrected chi connectivity index (χ4v) is 3.23. The Balaban J connectivity index is 2.06. The van der Waals surface area contributed by atoms with Crippen LogP contribution in [-0.4, -0.2) is 24.2 Å². The van der Waals surface area contributed by atoms with Crippen LogP contribution >= 0.6 is 31.9 Å². The van der Waals surface area contributed by atoms with Crippen molar-refractivity contribution in [3.63, 3.8) is 0 Å². The van der Waals surface area contributed by atoms with Gasteiger partial charge in [0, 0.05) is 11.9 Å². The summed E-state index contributed by atoms with van der Waals surface area (Å²) < 4.78 is 6.81. The molecule has 0 saturated heterocycles. The first kappa shape index (κ1) is 16.6. The first-order valence-electron chi connectivity index (χ1n) is 6.30. The number of nitrogens with zero attached hydrogens (tertiary/aromatic N) is 2. The molecule has 1 heterocycles. The molecular weight excluding hydrogens is 414 g/mol. The third kappa shape index (κ3) is 4.14. The normalized spacial score (nSPS) is 10.7. The van der Waals surface area contributed by atoms with E-state index >= 15 is 0 Å². The largest absolute Gasteiger partial charge is 0.494 e. The van der Waals surface area contributed by atoms with E-state index in [9.17, 15) is 4.79 Å². The van der Waals surface area contributed by atoms with Gasteiger partial charge < -0.3 is 4.74 Å². The quantitative estimate of drug-likeness (QED) is 0.599. The molecular formula is C15H13Br2N3O2. The summed E-state index contributed by atoms with van der Waals surface area (Å²) >= 11 is 6.82. The summed E-state index contributed by atoms with van der Waals surface area (Å²) in [7, 11) is 1.59. The van der Waals surface area contributed by atoms with E-state index < -0.39 is 0 Å². The zero-order valence-electron chi connectivity index (χ0n) is 11.9. The summed E-state index contributed by atoms with van der Waals surface area (Å²) in [4.78, 5) is 15.9. The van der Waals surface area contributed by atoms with Gasteiger partial charge in [0.2, 0.25) is 0 Å². The van der Waals surface area contributed by atoms with Crippen LogP contribution in [0, 0.1) is 6.92 Å². The van der Waals surface area contributed by atoms with Gasteiger partial charge in [-0.05, 0) is 68.6 Å². The number of rotatable bonds is 4. The van der Waals surface area contributed by atoms with Crippen molar-refractivity contribution < 1.29 is 9.53 Å². The van der Waals surface area contributed by atoms with Crippen LogP contribution in [0.1, 0.15) is 21.6 Å². The molecule has 2 aromatic rings. The molecule has 0 atom stereocenters. The average molecular weight is 427 g/mol. The summed E-state index contributed by atoms with van der Waals surface area (Å²) in [6, 6.07) is 7.16. The van der Waals surface area contributed by atoms with Gasteiger partial charge in [-0.15, -0.1) is 0 Å². The van der Waals surface area contributed by atoms with Gasteiger partial charge in [-0.3, -0.25) is 9.78 Å². The molecule has 0 bridgehead atoms. The topological polar surface area (TPSA) is 63.6 Å². The standard InChI is InChI=1S/C15H13Br2N3O2/c1-9-3-4-11(8-18-9)15(21)20-19-7-10-5-12(16)14(22-2)13(17)6-10/h3-8H,1-2H3,(H,20,21). The van der Waals surface area contributed by atoms with Gasteiger partial charge in [0.25, 0.3) is 5.91 Å². The number of aryl methyl sites for hydroxylation is 1. The van der Waals surface area contributed by atoms with Gasteiger partial charge in [-0.2, -0.15) is 5.10 Å². The van der Waals surface area contributed by atoms with E-state index in [2.05, 4.69) is 47.4 Å². The highest BCUT2D eigenvalue weighted by Crippen LogP contribution is 2.33. The molecule has 7 heteroatoms. The van der Waals surface area contributed by atoms with Crippen molar-refractivity contribution in [3.05, 3.63) is 56.2 Å². The van der Waals surface area contributed by atoms with Crippen molar-refractivity contribution in [2.45, 2.75) is 6.92 Å². The van der Waals surface area contributed by atoms with Gasteiger partial charge >= 0.3 is 0 Å². The molecule has 0 radical (unpaired) electrons. The van der Waals surface area contributed by atoms with Crippen LogP contribution in [0.3, 0.4) is 0 Å². The Morgan fingerprint density at radius 2 is 2.00 bits per heavy atom. The fraction of sp³-hybridized carbons (Fsp3) is 0.133. The lowest BCUT2D eigenvalue weighted by molar-refractivity contribution is 0.0955. The Labute approximate surface area is 145 Å². The van der Waals surface area contributed by atoms with Crippen LogP contribution in [0.25, 0.3) is 0 Å². The number of amides is 1. The number of pyridine rings is 1. The number of carbonyl (C=O) groups is 1. The van der Waals surface area contributed by atoms with Gasteiger partial charge in [-0.1, -0.05) is 0 Å². The molecule has 22 heavy (non-hydrogen) atoms. The molecule has 2 rings (SSSR count). The molecule has 0 aliphatic carbocycles. The van der Waals surface area contributed by atoms with Gasteiger partial charge in [0.15, 0.2) is 0 Å². The van der Waals surface area contributed by atoms with Gasteiger partial charge in [0.1, 0.15) is 5.75 Å². The number of hydrogen-bond acceptors (Lipinski definition) is 4. The van der Waals surface area contributed by atoms with Crippen molar-refractivity contribution >= 4 is 44.0 Å². The zero-order valence-corrected chi connectivity index (χ0v) is 15.1. The Morgan fingerprint density at radius 3 is 2.55 bits per heavy atom. The van der Waals surface area contributed by atoms with Crippen molar-refractivity contribution in [2.24, 2.45) is 5.10 Å². The molecule has 1 aromatic carbocycles. The fourth-order valence-electron chi connectivity index (χ4n) is 1.68. The Kier molecular flexibility index (Phi) is 5.68. The number of benzene rings is 1. The SMILES string of the molecule is COc1c(Br)cc(C=NNC(=O)c2ccc(C)nc2)cc1Br. The van der Waals surface area contributed by atoms with E-state index in [4.69, 9.17) is 4.74 Å². The van der Waals surface area contributed by atoms with E-state index in [1.807, 2.05) is 19.1 Å². The molecule has 1 N–H and O–H groups in total. The van der Waals surface area contributed by atoms with Crippen LogP contribution in [-0.2, 0) is 0 Å². The number of halogens is 2. The maximum absolute atomic E-state index is 11.9. The number of ether oxygens (including phenoxy) is 1. The lowest BCUT2D eigenvalue weighted by Crippen LogP contribution is -2.17. The molecule has 0 fully saturated rings. The molecule has 0 aliphatic rings. The number of hydrogen-bond donors (Lipinski definition) is 1. The molecule has 0 spiro atoms. The number of nitrogens with one attached hydrogen (secondary N) is 1. The smallest absolute Gasteiger partial charge is 0.272 e. The number of hydrazone groups is 1. The summed E-state index contributed by atoms with van der Waals surface area (Å²) in [5.41, 5.74) is 4.58. The van der Waals surface area contributed by atoms with E-state index in [0.29, 0.717) is 11.3 Å². The highest BCUT2D eigenvalue weighted by Gasteiger charge is 2.07. The Morgan fingerprint density at radius 1 is 1.32 bits per heavy atom. The first-order chi connectivity index (χ1) is 10.5. The highest BCUT2D eigenvalue weighted by atomic mass is 79.9. The van der Waals surface area contributed by atoms with Crippen LogP contribution in [0.15, 0.2) is 44.5 Å². The van der Waals surface area contributed by atoms with Crippen LogP contribution in [0.4, 0.5) is 0 Å². The van der Waals surface area contributed by atoms with E-state index in [1.165, 1.54) is 6.20 Å². The minimum absolute atomic E-state index is 0.310. The molecule has 1 aromatic heterocycles. The zero-order chi connectivity index (χ0) is 16.1. The van der Waals surface area contributed by atoms with E-state index in [1.54, 1.807) is 25.5 Å². The van der Waals surface area contributed by atoms with E-state index in [-0.39, 0.29) is 5.91 Å². The average Bonchev–Trinajstić information content (AvgIpc) is 2.47. The third-order valence-corrected chi connectivity index (χ3v) is 3.96. The monoisotopic (exact) mass is 425 g/mol. The molecule has 114 valence electrons. The predicted molar refractivity (Wildman–Crippen MR) is 92.4 cm³/mol. The molecule has 0 saturated carbocycles. The minimum Gasteiger partial charge on any atom is -0.494 e. The summed E-state index contributed by atoms with van der Waals surface area (Å²) in [6.45, 7) is 1.86. The highest BCUT2D eigenvalue weighted by molar-refractivity contribution is 9.11. The second-order valence-corrected chi connectivity index (χ2v) is 6.11. The Hall–Kier alpha value is -1.73. The second kappa shape index (κ2) is 7.51. The number of methoxy groups -OCH3 is 1.